The molecule has 0 aromatic carbocycles. The number of carboxylic acids is 1. The number of carbonyl (C=O) groups excluding carboxylic acids is 2. The van der Waals surface area contributed by atoms with E-state index in [1.165, 1.54) is 4.90 Å². The molecule has 7 nitrogen and oxygen atoms in total. The first kappa shape index (κ1) is 18.5. The van der Waals surface area contributed by atoms with Crippen molar-refractivity contribution < 1.29 is 24.2 Å². The lowest BCUT2D eigenvalue weighted by atomic mass is 9.85. The van der Waals surface area contributed by atoms with Gasteiger partial charge in [0.1, 0.15) is 11.6 Å². The fraction of sp³-hybridized carbons (Fsp3) is 0.824. The van der Waals surface area contributed by atoms with Crippen molar-refractivity contribution in [2.45, 2.75) is 59.1 Å². The van der Waals surface area contributed by atoms with E-state index in [1.54, 1.807) is 39.5 Å². The molecule has 2 fully saturated rings. The molecule has 0 aromatic rings. The van der Waals surface area contributed by atoms with Crippen LogP contribution in [0.5, 0.6) is 0 Å². The van der Waals surface area contributed by atoms with Crippen LogP contribution in [0.3, 0.4) is 0 Å². The minimum Gasteiger partial charge on any atom is -0.480 e. The van der Waals surface area contributed by atoms with Gasteiger partial charge in [-0.2, -0.15) is 0 Å². The molecule has 0 aliphatic carbocycles. The lowest BCUT2D eigenvalue weighted by molar-refractivity contribution is -0.152. The molecular formula is C17H28N2O5. The van der Waals surface area contributed by atoms with Crippen LogP contribution in [0.25, 0.3) is 0 Å². The molecule has 2 aliphatic rings. The zero-order chi connectivity index (χ0) is 18.3. The van der Waals surface area contributed by atoms with Gasteiger partial charge in [-0.25, -0.2) is 9.59 Å². The van der Waals surface area contributed by atoms with Gasteiger partial charge in [0.05, 0.1) is 5.41 Å². The second-order valence-electron chi connectivity index (χ2n) is 8.21. The minimum atomic E-state index is -0.975. The monoisotopic (exact) mass is 340 g/mol. The summed E-state index contributed by atoms with van der Waals surface area (Å²) in [6.07, 6.45) is 0.734. The van der Waals surface area contributed by atoms with Crippen molar-refractivity contribution in [3.8, 4) is 0 Å². The number of carbonyl (C=O) groups is 3. The predicted molar refractivity (Wildman–Crippen MR) is 87.4 cm³/mol. The van der Waals surface area contributed by atoms with E-state index in [2.05, 4.69) is 0 Å². The molecule has 2 amide bonds. The van der Waals surface area contributed by atoms with E-state index in [9.17, 15) is 19.5 Å². The second kappa shape index (κ2) is 6.26. The minimum absolute atomic E-state index is 0.144. The number of nitrogens with zero attached hydrogens (tertiary/aromatic N) is 2. The van der Waals surface area contributed by atoms with Gasteiger partial charge in [-0.15, -0.1) is 0 Å². The van der Waals surface area contributed by atoms with Crippen molar-refractivity contribution in [2.75, 3.05) is 19.6 Å². The summed E-state index contributed by atoms with van der Waals surface area (Å²) in [5.74, 6) is -1.28. The van der Waals surface area contributed by atoms with Crippen LogP contribution in [0.15, 0.2) is 0 Å². The van der Waals surface area contributed by atoms with Gasteiger partial charge in [-0.1, -0.05) is 13.8 Å². The van der Waals surface area contributed by atoms with Crippen molar-refractivity contribution in [3.05, 3.63) is 0 Å². The predicted octanol–water partition coefficient (Wildman–Crippen LogP) is 1.96. The Morgan fingerprint density at radius 1 is 1.21 bits per heavy atom. The van der Waals surface area contributed by atoms with Crippen LogP contribution >= 0.6 is 0 Å². The largest absolute Gasteiger partial charge is 0.480 e. The molecule has 0 aromatic heterocycles. The maximum absolute atomic E-state index is 12.9. The second-order valence-corrected chi connectivity index (χ2v) is 8.21. The maximum Gasteiger partial charge on any atom is 0.410 e. The van der Waals surface area contributed by atoms with Gasteiger partial charge >= 0.3 is 12.1 Å². The standard InChI is InChI=1S/C17H28N2O5/c1-11(2)12(13(20)21)19-9-7-17(14(19)22)6-8-18(10-17)15(23)24-16(3,4)5/h11-12H,6-10H2,1-5H3,(H,20,21)/t12-,17+/m0/s1. The number of ether oxygens (including phenoxy) is 1. The highest BCUT2D eigenvalue weighted by Gasteiger charge is 2.54. The van der Waals surface area contributed by atoms with E-state index in [1.807, 2.05) is 0 Å². The Kier molecular flexibility index (Phi) is 4.84. The third kappa shape index (κ3) is 3.49. The third-order valence-electron chi connectivity index (χ3n) is 4.77. The smallest absolute Gasteiger partial charge is 0.410 e. The summed E-state index contributed by atoms with van der Waals surface area (Å²) in [4.78, 5) is 39.7. The van der Waals surface area contributed by atoms with Crippen LogP contribution in [0.2, 0.25) is 0 Å². The first-order chi connectivity index (χ1) is 11.0. The number of hydrogen-bond acceptors (Lipinski definition) is 4. The molecule has 2 saturated heterocycles. The van der Waals surface area contributed by atoms with E-state index < -0.39 is 29.1 Å². The van der Waals surface area contributed by atoms with Crippen LogP contribution in [0.1, 0.15) is 47.5 Å². The van der Waals surface area contributed by atoms with Gasteiger partial charge in [-0.05, 0) is 39.5 Å². The molecule has 2 rings (SSSR count). The molecule has 2 atom stereocenters. The Labute approximate surface area is 142 Å². The van der Waals surface area contributed by atoms with E-state index in [0.29, 0.717) is 32.5 Å². The molecule has 136 valence electrons. The maximum atomic E-state index is 12.9. The van der Waals surface area contributed by atoms with Crippen LogP contribution in [-0.4, -0.2) is 64.2 Å². The summed E-state index contributed by atoms with van der Waals surface area (Å²) in [5, 5.41) is 9.44. The van der Waals surface area contributed by atoms with Crippen molar-refractivity contribution >= 4 is 18.0 Å². The fourth-order valence-electron chi connectivity index (χ4n) is 3.62. The normalized spacial score (nSPS) is 25.7. The average molecular weight is 340 g/mol. The molecule has 1 N–H and O–H groups in total. The summed E-state index contributed by atoms with van der Waals surface area (Å²) >= 11 is 0. The Hall–Kier alpha value is -1.79. The van der Waals surface area contributed by atoms with Crippen molar-refractivity contribution in [1.29, 1.82) is 0 Å². The van der Waals surface area contributed by atoms with E-state index >= 15 is 0 Å². The molecule has 2 heterocycles. The number of aliphatic carboxylic acids is 1. The molecule has 24 heavy (non-hydrogen) atoms. The van der Waals surface area contributed by atoms with Crippen molar-refractivity contribution in [2.24, 2.45) is 11.3 Å². The third-order valence-corrected chi connectivity index (χ3v) is 4.77. The highest BCUT2D eigenvalue weighted by molar-refractivity contribution is 5.90. The van der Waals surface area contributed by atoms with Crippen LogP contribution < -0.4 is 0 Å². The zero-order valence-electron chi connectivity index (χ0n) is 15.2. The highest BCUT2D eigenvalue weighted by Crippen LogP contribution is 2.42. The Morgan fingerprint density at radius 3 is 2.29 bits per heavy atom. The van der Waals surface area contributed by atoms with Gasteiger partial charge in [-0.3, -0.25) is 4.79 Å². The SMILES string of the molecule is CC(C)[C@@H](C(=O)O)N1CC[C@@]2(CCN(C(=O)OC(C)(C)C)C2)C1=O. The first-order valence-corrected chi connectivity index (χ1v) is 8.49. The highest BCUT2D eigenvalue weighted by atomic mass is 16.6. The molecule has 0 radical (unpaired) electrons. The summed E-state index contributed by atoms with van der Waals surface area (Å²) < 4.78 is 5.38. The van der Waals surface area contributed by atoms with Gasteiger partial charge in [0.2, 0.25) is 5.91 Å². The van der Waals surface area contributed by atoms with Gasteiger partial charge in [0, 0.05) is 19.6 Å². The summed E-state index contributed by atoms with van der Waals surface area (Å²) in [6, 6.07) is -0.813. The quantitative estimate of drug-likeness (QED) is 0.848. The van der Waals surface area contributed by atoms with E-state index in [-0.39, 0.29) is 11.8 Å². The summed E-state index contributed by atoms with van der Waals surface area (Å²) in [7, 11) is 0. The zero-order valence-corrected chi connectivity index (χ0v) is 15.2. The molecule has 7 heteroatoms. The van der Waals surface area contributed by atoms with Gasteiger partial charge in [0.15, 0.2) is 0 Å². The van der Waals surface area contributed by atoms with Crippen molar-refractivity contribution in [3.63, 3.8) is 0 Å². The molecule has 2 aliphatic heterocycles. The van der Waals surface area contributed by atoms with E-state index in [0.717, 1.165) is 0 Å². The number of carboxylic acid groups (broad SMARTS) is 1. The first-order valence-electron chi connectivity index (χ1n) is 8.49. The molecule has 0 unspecified atom stereocenters. The molecule has 0 saturated carbocycles. The van der Waals surface area contributed by atoms with Gasteiger partial charge in [0.25, 0.3) is 0 Å². The van der Waals surface area contributed by atoms with Gasteiger partial charge < -0.3 is 19.6 Å². The molecular weight excluding hydrogens is 312 g/mol. The fourth-order valence-corrected chi connectivity index (χ4v) is 3.62. The van der Waals surface area contributed by atoms with Crippen LogP contribution in [0.4, 0.5) is 4.79 Å². The topological polar surface area (TPSA) is 87.2 Å². The Bertz CT molecular complexity index is 540. The number of hydrogen-bond donors (Lipinski definition) is 1. The van der Waals surface area contributed by atoms with Crippen LogP contribution in [0, 0.1) is 11.3 Å². The Morgan fingerprint density at radius 2 is 1.79 bits per heavy atom. The molecule has 1 spiro atoms. The van der Waals surface area contributed by atoms with E-state index in [4.69, 9.17) is 4.74 Å². The number of amides is 2. The molecule has 0 bridgehead atoms. The van der Waals surface area contributed by atoms with Crippen LogP contribution in [-0.2, 0) is 14.3 Å². The lowest BCUT2D eigenvalue weighted by Gasteiger charge is -2.30. The Balaban J connectivity index is 2.10. The summed E-state index contributed by atoms with van der Waals surface area (Å²) in [6.45, 7) is 10.2. The number of rotatable bonds is 3. The average Bonchev–Trinajstić information content (AvgIpc) is 2.97. The lowest BCUT2D eigenvalue weighted by Crippen LogP contribution is -2.48. The number of likely N-dealkylation sites (tertiary alicyclic amines) is 2. The van der Waals surface area contributed by atoms with Crippen molar-refractivity contribution in [1.82, 2.24) is 9.80 Å². The summed E-state index contributed by atoms with van der Waals surface area (Å²) in [5.41, 5.74) is -1.23.